The second-order valence-corrected chi connectivity index (χ2v) is 6.48. The second-order valence-electron chi connectivity index (χ2n) is 6.48. The first-order valence-electron chi connectivity index (χ1n) is 8.90. The number of hydrogen-bond donors (Lipinski definition) is 2. The van der Waals surface area contributed by atoms with Gasteiger partial charge in [0.1, 0.15) is 0 Å². The maximum Gasteiger partial charge on any atom is 0.329 e. The number of amides is 1. The minimum atomic E-state index is -1.01. The van der Waals surface area contributed by atoms with Gasteiger partial charge in [0.2, 0.25) is 0 Å². The summed E-state index contributed by atoms with van der Waals surface area (Å²) in [6.07, 6.45) is -0.199. The Hall–Kier alpha value is -2.97. The van der Waals surface area contributed by atoms with Crippen molar-refractivity contribution in [1.82, 2.24) is 19.4 Å². The van der Waals surface area contributed by atoms with Crippen LogP contribution >= 0.6 is 0 Å². The van der Waals surface area contributed by atoms with Crippen LogP contribution in [0.1, 0.15) is 56.1 Å². The molecule has 0 saturated heterocycles. The number of aryl methyl sites for hydroxylation is 1. The first-order valence-corrected chi connectivity index (χ1v) is 8.90. The van der Waals surface area contributed by atoms with E-state index in [1.165, 1.54) is 9.47 Å². The number of aromatic amines is 1. The molecule has 2 aromatic rings. The molecule has 1 amide bonds. The van der Waals surface area contributed by atoms with Crippen LogP contribution in [0.4, 0.5) is 0 Å². The number of carboxylic acid groups (broad SMARTS) is 1. The van der Waals surface area contributed by atoms with E-state index in [4.69, 9.17) is 5.11 Å². The Morgan fingerprint density at radius 1 is 1.30 bits per heavy atom. The number of aromatic nitrogens is 3. The maximum atomic E-state index is 13.1. The highest BCUT2D eigenvalue weighted by Crippen LogP contribution is 2.21. The average Bonchev–Trinajstić information content (AvgIpc) is 2.60. The predicted octanol–water partition coefficient (Wildman–Crippen LogP) is 1.16. The Morgan fingerprint density at radius 2 is 1.96 bits per heavy atom. The minimum Gasteiger partial charge on any atom is -0.481 e. The Morgan fingerprint density at radius 3 is 2.48 bits per heavy atom. The lowest BCUT2D eigenvalue weighted by Crippen LogP contribution is -2.36. The van der Waals surface area contributed by atoms with Gasteiger partial charge in [0, 0.05) is 25.3 Å². The molecule has 0 saturated carbocycles. The zero-order valence-electron chi connectivity index (χ0n) is 15.9. The lowest BCUT2D eigenvalue weighted by Gasteiger charge is -2.22. The molecule has 2 N–H and O–H groups in total. The summed E-state index contributed by atoms with van der Waals surface area (Å²) in [4.78, 5) is 56.6. The largest absolute Gasteiger partial charge is 0.481 e. The van der Waals surface area contributed by atoms with Crippen molar-refractivity contribution in [2.45, 2.75) is 46.6 Å². The Balaban J connectivity index is 2.77. The summed E-state index contributed by atoms with van der Waals surface area (Å²) in [5.41, 5.74) is -0.401. The van der Waals surface area contributed by atoms with E-state index in [0.29, 0.717) is 5.69 Å². The molecular formula is C18H24N4O5. The molecule has 146 valence electrons. The summed E-state index contributed by atoms with van der Waals surface area (Å²) < 4.78 is 1.31. The van der Waals surface area contributed by atoms with E-state index in [0.717, 1.165) is 0 Å². The normalized spacial score (nSPS) is 11.1. The molecule has 0 radical (unpaired) electrons. The molecule has 0 aromatic carbocycles. The number of carbonyl (C=O) groups excluding carboxylic acids is 1. The highest BCUT2D eigenvalue weighted by Gasteiger charge is 2.23. The maximum absolute atomic E-state index is 13.1. The lowest BCUT2D eigenvalue weighted by molar-refractivity contribution is -0.137. The number of hydrogen-bond acceptors (Lipinski definition) is 5. The monoisotopic (exact) mass is 376 g/mol. The van der Waals surface area contributed by atoms with Crippen molar-refractivity contribution in [2.24, 2.45) is 0 Å². The van der Waals surface area contributed by atoms with Crippen LogP contribution in [0.15, 0.2) is 15.7 Å². The van der Waals surface area contributed by atoms with Gasteiger partial charge in [0.05, 0.1) is 17.4 Å². The first kappa shape index (κ1) is 20.3. The topological polar surface area (TPSA) is 125 Å². The number of aliphatic carboxylic acids is 1. The quantitative estimate of drug-likeness (QED) is 0.747. The minimum absolute atomic E-state index is 0.0246. The number of pyridine rings is 1. The van der Waals surface area contributed by atoms with Gasteiger partial charge in [-0.15, -0.1) is 0 Å². The molecule has 0 aliphatic heterocycles. The third-order valence-electron chi connectivity index (χ3n) is 4.37. The van der Waals surface area contributed by atoms with E-state index < -0.39 is 23.1 Å². The molecular weight excluding hydrogens is 352 g/mol. The van der Waals surface area contributed by atoms with Crippen LogP contribution in [0, 0.1) is 0 Å². The zero-order valence-corrected chi connectivity index (χ0v) is 15.9. The highest BCUT2D eigenvalue weighted by atomic mass is 16.4. The van der Waals surface area contributed by atoms with Crippen molar-refractivity contribution in [3.05, 3.63) is 38.2 Å². The SMILES string of the molecule is CCN(CCC(=O)O)C(=O)c1cc(C(C)C)nc2c1c(=O)[nH]c(=O)n2CC. The molecule has 0 aliphatic rings. The number of rotatable bonds is 7. The highest BCUT2D eigenvalue weighted by molar-refractivity contribution is 6.05. The number of fused-ring (bicyclic) bond motifs is 1. The Labute approximate surface area is 155 Å². The molecule has 2 rings (SSSR count). The smallest absolute Gasteiger partial charge is 0.329 e. The third-order valence-corrected chi connectivity index (χ3v) is 4.37. The van der Waals surface area contributed by atoms with E-state index in [-0.39, 0.29) is 48.6 Å². The fraction of sp³-hybridized carbons (Fsp3) is 0.500. The Kier molecular flexibility index (Phi) is 6.14. The number of nitrogens with zero attached hydrogens (tertiary/aromatic N) is 3. The molecule has 9 nitrogen and oxygen atoms in total. The molecule has 2 aromatic heterocycles. The second kappa shape index (κ2) is 8.15. The molecule has 9 heteroatoms. The summed E-state index contributed by atoms with van der Waals surface area (Å²) in [5, 5.41) is 8.94. The molecule has 0 aliphatic carbocycles. The van der Waals surface area contributed by atoms with Crippen molar-refractivity contribution < 1.29 is 14.7 Å². The van der Waals surface area contributed by atoms with Gasteiger partial charge in [-0.25, -0.2) is 9.78 Å². The van der Waals surface area contributed by atoms with Crippen molar-refractivity contribution >= 4 is 22.9 Å². The van der Waals surface area contributed by atoms with Crippen LogP contribution in [-0.2, 0) is 11.3 Å². The van der Waals surface area contributed by atoms with E-state index in [1.54, 1.807) is 19.9 Å². The molecule has 2 heterocycles. The number of H-pyrrole nitrogens is 1. The van der Waals surface area contributed by atoms with E-state index in [2.05, 4.69) is 9.97 Å². The number of carbonyl (C=O) groups is 2. The summed E-state index contributed by atoms with van der Waals surface area (Å²) in [6, 6.07) is 1.55. The summed E-state index contributed by atoms with van der Waals surface area (Å²) in [6.45, 7) is 7.87. The van der Waals surface area contributed by atoms with Gasteiger partial charge in [0.15, 0.2) is 5.65 Å². The molecule has 0 spiro atoms. The first-order chi connectivity index (χ1) is 12.7. The Bertz CT molecular complexity index is 990. The molecule has 0 atom stereocenters. The lowest BCUT2D eigenvalue weighted by atomic mass is 10.0. The molecule has 27 heavy (non-hydrogen) atoms. The van der Waals surface area contributed by atoms with Crippen LogP contribution < -0.4 is 11.2 Å². The van der Waals surface area contributed by atoms with Crippen molar-refractivity contribution in [3.8, 4) is 0 Å². The third kappa shape index (κ3) is 4.07. The number of carboxylic acids is 1. The van der Waals surface area contributed by atoms with Gasteiger partial charge in [-0.2, -0.15) is 0 Å². The van der Waals surface area contributed by atoms with Gasteiger partial charge in [0.25, 0.3) is 11.5 Å². The standard InChI is InChI=1S/C18H24N4O5/c1-5-21(8-7-13(23)24)17(26)11-9-12(10(3)4)19-15-14(11)16(25)20-18(27)22(15)6-2/h9-10H,5-8H2,1-4H3,(H,23,24)(H,20,25,27). The average molecular weight is 376 g/mol. The van der Waals surface area contributed by atoms with Crippen LogP contribution in [-0.4, -0.2) is 49.5 Å². The van der Waals surface area contributed by atoms with E-state index in [9.17, 15) is 19.2 Å². The molecule has 0 unspecified atom stereocenters. The van der Waals surface area contributed by atoms with Crippen molar-refractivity contribution in [1.29, 1.82) is 0 Å². The summed E-state index contributed by atoms with van der Waals surface area (Å²) in [5.74, 6) is -1.50. The van der Waals surface area contributed by atoms with E-state index in [1.807, 2.05) is 13.8 Å². The summed E-state index contributed by atoms with van der Waals surface area (Å²) >= 11 is 0. The van der Waals surface area contributed by atoms with Gasteiger partial charge < -0.3 is 10.0 Å². The van der Waals surface area contributed by atoms with Gasteiger partial charge in [-0.3, -0.25) is 23.9 Å². The zero-order chi connectivity index (χ0) is 20.3. The van der Waals surface area contributed by atoms with Crippen LogP contribution in [0.5, 0.6) is 0 Å². The summed E-state index contributed by atoms with van der Waals surface area (Å²) in [7, 11) is 0. The van der Waals surface area contributed by atoms with Gasteiger partial charge >= 0.3 is 11.7 Å². The van der Waals surface area contributed by atoms with E-state index >= 15 is 0 Å². The van der Waals surface area contributed by atoms with Gasteiger partial charge in [-0.1, -0.05) is 13.8 Å². The van der Waals surface area contributed by atoms with Crippen molar-refractivity contribution in [3.63, 3.8) is 0 Å². The fourth-order valence-corrected chi connectivity index (χ4v) is 2.86. The number of nitrogens with one attached hydrogen (secondary N) is 1. The fourth-order valence-electron chi connectivity index (χ4n) is 2.86. The molecule has 0 fully saturated rings. The van der Waals surface area contributed by atoms with Crippen molar-refractivity contribution in [2.75, 3.05) is 13.1 Å². The van der Waals surface area contributed by atoms with Crippen LogP contribution in [0.25, 0.3) is 11.0 Å². The van der Waals surface area contributed by atoms with Gasteiger partial charge in [-0.05, 0) is 25.8 Å². The van der Waals surface area contributed by atoms with Crippen LogP contribution in [0.3, 0.4) is 0 Å². The predicted molar refractivity (Wildman–Crippen MR) is 100 cm³/mol. The molecule has 0 bridgehead atoms. The van der Waals surface area contributed by atoms with Crippen LogP contribution in [0.2, 0.25) is 0 Å².